The van der Waals surface area contributed by atoms with E-state index in [0.29, 0.717) is 42.4 Å². The Kier molecular flexibility index (Phi) is 4.31. The SMILES string of the molecule is O=C(c1ccc2c(c1)OCCO2)C1CCN(CN2C(=O)C3CCCC32)CC1. The second kappa shape index (κ2) is 6.82. The number of rotatable bonds is 4. The summed E-state index contributed by atoms with van der Waals surface area (Å²) in [7, 11) is 0. The van der Waals surface area contributed by atoms with E-state index in [-0.39, 0.29) is 11.7 Å². The Morgan fingerprint density at radius 2 is 1.81 bits per heavy atom. The average Bonchev–Trinajstić information content (AvgIpc) is 3.16. The minimum absolute atomic E-state index is 0.0510. The molecule has 2 atom stereocenters. The van der Waals surface area contributed by atoms with Crippen molar-refractivity contribution in [1.29, 1.82) is 0 Å². The van der Waals surface area contributed by atoms with Crippen molar-refractivity contribution in [2.24, 2.45) is 11.8 Å². The van der Waals surface area contributed by atoms with Crippen molar-refractivity contribution in [1.82, 2.24) is 9.80 Å². The van der Waals surface area contributed by atoms with Crippen molar-refractivity contribution in [3.05, 3.63) is 23.8 Å². The largest absolute Gasteiger partial charge is 0.486 e. The van der Waals surface area contributed by atoms with Crippen molar-refractivity contribution in [2.45, 2.75) is 38.1 Å². The lowest BCUT2D eigenvalue weighted by molar-refractivity contribution is -0.158. The minimum atomic E-state index is 0.0510. The van der Waals surface area contributed by atoms with Crippen LogP contribution in [0.5, 0.6) is 11.5 Å². The number of piperidine rings is 1. The Morgan fingerprint density at radius 3 is 2.63 bits per heavy atom. The molecule has 0 radical (unpaired) electrons. The fourth-order valence-corrected chi connectivity index (χ4v) is 5.05. The standard InChI is InChI=1S/C21H26N2O4/c24-20(15-4-5-18-19(12-15)27-11-10-26-18)14-6-8-22(9-7-14)13-23-17-3-1-2-16(17)21(23)25/h4-5,12,14,16-17H,1-3,6-11,13H2. The van der Waals surface area contributed by atoms with Crippen molar-refractivity contribution < 1.29 is 19.1 Å². The first-order valence-corrected chi connectivity index (χ1v) is 10.2. The fraction of sp³-hybridized carbons (Fsp3) is 0.619. The maximum atomic E-state index is 12.9. The molecule has 3 heterocycles. The van der Waals surface area contributed by atoms with Gasteiger partial charge in [-0.1, -0.05) is 6.42 Å². The molecule has 2 saturated heterocycles. The summed E-state index contributed by atoms with van der Waals surface area (Å²) in [6.45, 7) is 3.58. The van der Waals surface area contributed by atoms with Crippen LogP contribution in [0.15, 0.2) is 18.2 Å². The molecule has 1 amide bonds. The van der Waals surface area contributed by atoms with Crippen LogP contribution in [0, 0.1) is 11.8 Å². The summed E-state index contributed by atoms with van der Waals surface area (Å²) in [4.78, 5) is 29.5. The number of β-lactam (4-membered cyclic amide) rings is 1. The molecule has 0 N–H and O–H groups in total. The number of hydrogen-bond acceptors (Lipinski definition) is 5. The molecule has 144 valence electrons. The summed E-state index contributed by atoms with van der Waals surface area (Å²) in [5.41, 5.74) is 0.712. The van der Waals surface area contributed by atoms with Gasteiger partial charge in [0.15, 0.2) is 17.3 Å². The molecular weight excluding hydrogens is 344 g/mol. The van der Waals surface area contributed by atoms with Gasteiger partial charge in [0, 0.05) is 30.6 Å². The number of ketones is 1. The number of likely N-dealkylation sites (tertiary alicyclic amines) is 2. The molecule has 6 nitrogen and oxygen atoms in total. The third-order valence-corrected chi connectivity index (χ3v) is 6.62. The first kappa shape index (κ1) is 17.0. The summed E-state index contributed by atoms with van der Waals surface area (Å²) in [5.74, 6) is 2.29. The highest BCUT2D eigenvalue weighted by molar-refractivity contribution is 5.98. The Bertz CT molecular complexity index is 757. The molecule has 0 aromatic heterocycles. The quantitative estimate of drug-likeness (QED) is 0.601. The lowest BCUT2D eigenvalue weighted by Gasteiger charge is -2.47. The van der Waals surface area contributed by atoms with E-state index >= 15 is 0 Å². The van der Waals surface area contributed by atoms with Crippen LogP contribution in [0.3, 0.4) is 0 Å². The Hall–Kier alpha value is -2.08. The molecule has 0 bridgehead atoms. The summed E-state index contributed by atoms with van der Waals surface area (Å²) in [6.07, 6.45) is 5.12. The molecule has 3 aliphatic heterocycles. The monoisotopic (exact) mass is 370 g/mol. The van der Waals surface area contributed by atoms with Crippen molar-refractivity contribution in [3.63, 3.8) is 0 Å². The van der Waals surface area contributed by atoms with E-state index in [2.05, 4.69) is 9.80 Å². The molecule has 3 fully saturated rings. The average molecular weight is 370 g/mol. The van der Waals surface area contributed by atoms with Gasteiger partial charge in [-0.15, -0.1) is 0 Å². The first-order valence-electron chi connectivity index (χ1n) is 10.2. The number of carbonyl (C=O) groups excluding carboxylic acids is 2. The minimum Gasteiger partial charge on any atom is -0.486 e. The topological polar surface area (TPSA) is 59.1 Å². The second-order valence-electron chi connectivity index (χ2n) is 8.17. The zero-order valence-electron chi connectivity index (χ0n) is 15.6. The van der Waals surface area contributed by atoms with Gasteiger partial charge >= 0.3 is 0 Å². The van der Waals surface area contributed by atoms with Gasteiger partial charge in [0.05, 0.1) is 12.6 Å². The highest BCUT2D eigenvalue weighted by Crippen LogP contribution is 2.40. The van der Waals surface area contributed by atoms with Gasteiger partial charge in [0.25, 0.3) is 0 Å². The van der Waals surface area contributed by atoms with Crippen LogP contribution in [0.4, 0.5) is 0 Å². The Labute approximate surface area is 159 Å². The molecule has 1 aromatic carbocycles. The number of benzene rings is 1. The Balaban J connectivity index is 1.17. The number of fused-ring (bicyclic) bond motifs is 2. The van der Waals surface area contributed by atoms with Gasteiger partial charge in [0.1, 0.15) is 13.2 Å². The van der Waals surface area contributed by atoms with Gasteiger partial charge < -0.3 is 14.4 Å². The fourth-order valence-electron chi connectivity index (χ4n) is 5.05. The number of amides is 1. The smallest absolute Gasteiger partial charge is 0.229 e. The van der Waals surface area contributed by atoms with Crippen LogP contribution in [0.1, 0.15) is 42.5 Å². The first-order chi connectivity index (χ1) is 13.2. The van der Waals surface area contributed by atoms with Gasteiger partial charge in [-0.25, -0.2) is 0 Å². The maximum Gasteiger partial charge on any atom is 0.229 e. The van der Waals surface area contributed by atoms with E-state index in [0.717, 1.165) is 51.2 Å². The van der Waals surface area contributed by atoms with Crippen molar-refractivity contribution >= 4 is 11.7 Å². The molecule has 2 unspecified atom stereocenters. The summed E-state index contributed by atoms with van der Waals surface area (Å²) in [5, 5.41) is 0. The molecule has 6 heteroatoms. The summed E-state index contributed by atoms with van der Waals surface area (Å²) >= 11 is 0. The van der Waals surface area contributed by atoms with Crippen molar-refractivity contribution in [2.75, 3.05) is 33.0 Å². The third kappa shape index (κ3) is 3.00. The van der Waals surface area contributed by atoms with E-state index in [1.807, 2.05) is 18.2 Å². The Morgan fingerprint density at radius 1 is 1.04 bits per heavy atom. The predicted molar refractivity (Wildman–Crippen MR) is 98.9 cm³/mol. The summed E-state index contributed by atoms with van der Waals surface area (Å²) < 4.78 is 11.1. The van der Waals surface area contributed by atoms with Gasteiger partial charge in [-0.2, -0.15) is 0 Å². The second-order valence-corrected chi connectivity index (χ2v) is 8.17. The lowest BCUT2D eigenvalue weighted by Crippen LogP contribution is -2.61. The molecule has 1 aromatic rings. The molecular formula is C21H26N2O4. The van der Waals surface area contributed by atoms with Crippen LogP contribution in [-0.2, 0) is 4.79 Å². The number of ether oxygens (including phenoxy) is 2. The van der Waals surface area contributed by atoms with Gasteiger partial charge in [-0.05, 0) is 43.9 Å². The zero-order chi connectivity index (χ0) is 18.4. The van der Waals surface area contributed by atoms with Crippen LogP contribution in [0.2, 0.25) is 0 Å². The number of carbonyl (C=O) groups is 2. The van der Waals surface area contributed by atoms with Gasteiger partial charge in [0.2, 0.25) is 5.91 Å². The maximum absolute atomic E-state index is 12.9. The van der Waals surface area contributed by atoms with Crippen LogP contribution < -0.4 is 9.47 Å². The van der Waals surface area contributed by atoms with E-state index in [4.69, 9.17) is 9.47 Å². The summed E-state index contributed by atoms with van der Waals surface area (Å²) in [6, 6.07) is 5.99. The third-order valence-electron chi connectivity index (χ3n) is 6.62. The zero-order valence-corrected chi connectivity index (χ0v) is 15.6. The highest BCUT2D eigenvalue weighted by atomic mass is 16.6. The van der Waals surface area contributed by atoms with Crippen LogP contribution in [0.25, 0.3) is 0 Å². The molecule has 5 rings (SSSR count). The van der Waals surface area contributed by atoms with E-state index < -0.39 is 0 Å². The van der Waals surface area contributed by atoms with Crippen molar-refractivity contribution in [3.8, 4) is 11.5 Å². The molecule has 4 aliphatic rings. The molecule has 1 aliphatic carbocycles. The lowest BCUT2D eigenvalue weighted by atomic mass is 9.88. The van der Waals surface area contributed by atoms with Crippen LogP contribution in [-0.4, -0.2) is 60.5 Å². The van der Waals surface area contributed by atoms with E-state index in [1.165, 1.54) is 6.42 Å². The van der Waals surface area contributed by atoms with Crippen LogP contribution >= 0.6 is 0 Å². The van der Waals surface area contributed by atoms with E-state index in [9.17, 15) is 9.59 Å². The highest BCUT2D eigenvalue weighted by Gasteiger charge is 2.49. The predicted octanol–water partition coefficient (Wildman–Crippen LogP) is 2.32. The molecule has 0 spiro atoms. The molecule has 27 heavy (non-hydrogen) atoms. The normalized spacial score (nSPS) is 28.0. The van der Waals surface area contributed by atoms with E-state index in [1.54, 1.807) is 0 Å². The van der Waals surface area contributed by atoms with Gasteiger partial charge in [-0.3, -0.25) is 14.5 Å². The molecule has 1 saturated carbocycles. The number of hydrogen-bond donors (Lipinski definition) is 0. The number of nitrogens with zero attached hydrogens (tertiary/aromatic N) is 2. The number of Topliss-reactive ketones (excluding diaryl/α,β-unsaturated/α-hetero) is 1.